The minimum Gasteiger partial charge on any atom is -0.259 e. The van der Waals surface area contributed by atoms with Crippen LogP contribution in [0.25, 0.3) is 0 Å². The fourth-order valence-corrected chi connectivity index (χ4v) is 1.56. The highest BCUT2D eigenvalue weighted by molar-refractivity contribution is 4.73. The zero-order chi connectivity index (χ0) is 13.2. The molecule has 6 nitrogen and oxygen atoms in total. The zero-order valence-electron chi connectivity index (χ0n) is 10.7. The van der Waals surface area contributed by atoms with Crippen molar-refractivity contribution in [2.24, 2.45) is 12.5 Å². The second kappa shape index (κ2) is 4.73. The quantitative estimate of drug-likeness (QED) is 0.813. The minimum absolute atomic E-state index is 0.164. The number of nitrogens with zero attached hydrogens (tertiary/aromatic N) is 2. The summed E-state index contributed by atoms with van der Waals surface area (Å²) in [4.78, 5) is 36.4. The SMILES string of the molecule is Cn1c(=O)[nH]c(=O)n(CCCC(C)(C)C)c1=O. The summed E-state index contributed by atoms with van der Waals surface area (Å²) in [7, 11) is 1.35. The summed E-state index contributed by atoms with van der Waals surface area (Å²) < 4.78 is 1.96. The second-order valence-electron chi connectivity index (χ2n) is 5.39. The van der Waals surface area contributed by atoms with Gasteiger partial charge in [0.2, 0.25) is 0 Å². The van der Waals surface area contributed by atoms with E-state index < -0.39 is 17.1 Å². The van der Waals surface area contributed by atoms with Crippen LogP contribution in [-0.4, -0.2) is 14.1 Å². The summed E-state index contributed by atoms with van der Waals surface area (Å²) in [6, 6.07) is 0. The Labute approximate surface area is 98.9 Å². The molecule has 96 valence electrons. The maximum atomic E-state index is 11.7. The molecule has 0 aliphatic heterocycles. The van der Waals surface area contributed by atoms with Crippen LogP contribution in [0.5, 0.6) is 0 Å². The lowest BCUT2D eigenvalue weighted by Gasteiger charge is -2.17. The van der Waals surface area contributed by atoms with Crippen LogP contribution in [-0.2, 0) is 13.6 Å². The van der Waals surface area contributed by atoms with Crippen LogP contribution >= 0.6 is 0 Å². The molecular formula is C11H19N3O3. The van der Waals surface area contributed by atoms with Gasteiger partial charge in [-0.15, -0.1) is 0 Å². The number of nitrogens with one attached hydrogen (secondary N) is 1. The molecule has 0 unspecified atom stereocenters. The molecule has 0 atom stereocenters. The van der Waals surface area contributed by atoms with Crippen molar-refractivity contribution in [3.8, 4) is 0 Å². The van der Waals surface area contributed by atoms with Crippen LogP contribution in [0.3, 0.4) is 0 Å². The van der Waals surface area contributed by atoms with Crippen molar-refractivity contribution in [3.63, 3.8) is 0 Å². The molecule has 0 aromatic carbocycles. The number of H-pyrrole nitrogens is 1. The molecule has 0 aliphatic rings. The normalized spacial score (nSPS) is 11.8. The second-order valence-corrected chi connectivity index (χ2v) is 5.39. The number of aromatic amines is 1. The summed E-state index contributed by atoms with van der Waals surface area (Å²) in [6.45, 7) is 6.63. The van der Waals surface area contributed by atoms with Crippen LogP contribution in [0, 0.1) is 5.41 Å². The maximum absolute atomic E-state index is 11.7. The highest BCUT2D eigenvalue weighted by Gasteiger charge is 2.11. The molecule has 0 fully saturated rings. The van der Waals surface area contributed by atoms with Gasteiger partial charge in [0.25, 0.3) is 0 Å². The van der Waals surface area contributed by atoms with Gasteiger partial charge in [-0.25, -0.2) is 23.5 Å². The van der Waals surface area contributed by atoms with Gasteiger partial charge < -0.3 is 0 Å². The largest absolute Gasteiger partial charge is 0.336 e. The van der Waals surface area contributed by atoms with Crippen molar-refractivity contribution in [1.29, 1.82) is 0 Å². The van der Waals surface area contributed by atoms with Gasteiger partial charge in [-0.3, -0.25) is 4.98 Å². The average Bonchev–Trinajstić information content (AvgIpc) is 2.18. The third kappa shape index (κ3) is 3.44. The van der Waals surface area contributed by atoms with Gasteiger partial charge in [-0.05, 0) is 18.3 Å². The van der Waals surface area contributed by atoms with Crippen LogP contribution in [0.4, 0.5) is 0 Å². The van der Waals surface area contributed by atoms with Crippen molar-refractivity contribution in [2.45, 2.75) is 40.2 Å². The van der Waals surface area contributed by atoms with Crippen LogP contribution < -0.4 is 17.1 Å². The third-order valence-electron chi connectivity index (χ3n) is 2.59. The molecule has 1 rings (SSSR count). The molecule has 1 aromatic rings. The molecule has 0 radical (unpaired) electrons. The Morgan fingerprint density at radius 1 is 1.12 bits per heavy atom. The first-order valence-electron chi connectivity index (χ1n) is 5.62. The molecule has 0 aliphatic carbocycles. The molecule has 1 aromatic heterocycles. The van der Waals surface area contributed by atoms with E-state index in [0.717, 1.165) is 22.0 Å². The Kier molecular flexibility index (Phi) is 3.75. The Hall–Kier alpha value is -1.59. The maximum Gasteiger partial charge on any atom is 0.336 e. The number of rotatable bonds is 3. The molecule has 1 heterocycles. The van der Waals surface area contributed by atoms with Gasteiger partial charge in [-0.2, -0.15) is 0 Å². The van der Waals surface area contributed by atoms with Crippen LogP contribution in [0.1, 0.15) is 33.6 Å². The first kappa shape index (κ1) is 13.5. The summed E-state index contributed by atoms with van der Waals surface area (Å²) in [5.41, 5.74) is -1.71. The van der Waals surface area contributed by atoms with E-state index in [1.807, 2.05) is 0 Å². The van der Waals surface area contributed by atoms with Crippen LogP contribution in [0.2, 0.25) is 0 Å². The summed E-state index contributed by atoms with van der Waals surface area (Å²) in [5.74, 6) is 0. The molecule has 0 bridgehead atoms. The van der Waals surface area contributed by atoms with Crippen molar-refractivity contribution in [2.75, 3.05) is 0 Å². The van der Waals surface area contributed by atoms with E-state index in [4.69, 9.17) is 0 Å². The molecule has 0 saturated carbocycles. The number of hydrogen-bond donors (Lipinski definition) is 1. The van der Waals surface area contributed by atoms with E-state index in [2.05, 4.69) is 25.8 Å². The summed E-state index contributed by atoms with van der Waals surface area (Å²) in [5, 5.41) is 0. The highest BCUT2D eigenvalue weighted by atomic mass is 16.2. The van der Waals surface area contributed by atoms with Crippen molar-refractivity contribution in [3.05, 3.63) is 31.5 Å². The lowest BCUT2D eigenvalue weighted by Crippen LogP contribution is -2.48. The Bertz CT molecular complexity index is 557. The lowest BCUT2D eigenvalue weighted by molar-refractivity contribution is 0.347. The topological polar surface area (TPSA) is 76.9 Å². The van der Waals surface area contributed by atoms with Gasteiger partial charge in [0.15, 0.2) is 0 Å². The van der Waals surface area contributed by atoms with E-state index >= 15 is 0 Å². The van der Waals surface area contributed by atoms with Gasteiger partial charge in [0, 0.05) is 13.6 Å². The highest BCUT2D eigenvalue weighted by Crippen LogP contribution is 2.20. The van der Waals surface area contributed by atoms with Gasteiger partial charge >= 0.3 is 17.1 Å². The van der Waals surface area contributed by atoms with E-state index in [1.54, 1.807) is 0 Å². The molecule has 1 N–H and O–H groups in total. The third-order valence-corrected chi connectivity index (χ3v) is 2.59. The molecule has 0 saturated heterocycles. The van der Waals surface area contributed by atoms with Crippen molar-refractivity contribution in [1.82, 2.24) is 14.1 Å². The van der Waals surface area contributed by atoms with Gasteiger partial charge in [0.1, 0.15) is 0 Å². The standard InChI is InChI=1S/C11H19N3O3/c1-11(2,3)6-5-7-14-9(16)12-8(15)13(4)10(14)17/h5-7H2,1-4H3,(H,12,15,16). The Morgan fingerprint density at radius 3 is 2.24 bits per heavy atom. The lowest BCUT2D eigenvalue weighted by atomic mass is 9.91. The minimum atomic E-state index is -0.674. The van der Waals surface area contributed by atoms with Gasteiger partial charge in [0.05, 0.1) is 0 Å². The summed E-state index contributed by atoms with van der Waals surface area (Å²) in [6.07, 6.45) is 1.63. The van der Waals surface area contributed by atoms with Crippen LogP contribution in [0.15, 0.2) is 14.4 Å². The molecular weight excluding hydrogens is 222 g/mol. The van der Waals surface area contributed by atoms with Crippen molar-refractivity contribution < 1.29 is 0 Å². The van der Waals surface area contributed by atoms with E-state index in [-0.39, 0.29) is 5.41 Å². The van der Waals surface area contributed by atoms with E-state index in [1.165, 1.54) is 7.05 Å². The molecule has 6 heteroatoms. The smallest absolute Gasteiger partial charge is 0.259 e. The molecule has 0 amide bonds. The fourth-order valence-electron chi connectivity index (χ4n) is 1.56. The molecule has 17 heavy (non-hydrogen) atoms. The Morgan fingerprint density at radius 2 is 1.71 bits per heavy atom. The van der Waals surface area contributed by atoms with E-state index in [9.17, 15) is 14.4 Å². The average molecular weight is 241 g/mol. The molecule has 0 spiro atoms. The predicted octanol–water partition coefficient (Wildman–Crippen LogP) is 0.0616. The van der Waals surface area contributed by atoms with E-state index in [0.29, 0.717) is 6.54 Å². The number of hydrogen-bond acceptors (Lipinski definition) is 3. The van der Waals surface area contributed by atoms with Gasteiger partial charge in [-0.1, -0.05) is 20.8 Å². The monoisotopic (exact) mass is 241 g/mol. The fraction of sp³-hybridized carbons (Fsp3) is 0.727. The van der Waals surface area contributed by atoms with Crippen molar-refractivity contribution >= 4 is 0 Å². The summed E-state index contributed by atoms with van der Waals surface area (Å²) >= 11 is 0. The zero-order valence-corrected chi connectivity index (χ0v) is 10.7. The number of aromatic nitrogens is 3. The Balaban J connectivity index is 2.94. The first-order chi connectivity index (χ1) is 7.72. The first-order valence-corrected chi connectivity index (χ1v) is 5.62. The predicted molar refractivity (Wildman–Crippen MR) is 65.3 cm³/mol.